The van der Waals surface area contributed by atoms with Crippen LogP contribution in [-0.2, 0) is 0 Å². The third-order valence-corrected chi connectivity index (χ3v) is 14.0. The van der Waals surface area contributed by atoms with Crippen molar-refractivity contribution in [1.82, 2.24) is 4.57 Å². The quantitative estimate of drug-likeness (QED) is 0.159. The maximum absolute atomic E-state index is 6.83. The first-order chi connectivity index (χ1) is 31.7. The Morgan fingerprint density at radius 3 is 1.53 bits per heavy atom. The zero-order chi connectivity index (χ0) is 42.1. The van der Waals surface area contributed by atoms with Crippen LogP contribution in [0.25, 0.3) is 103 Å². The van der Waals surface area contributed by atoms with Crippen LogP contribution in [0.2, 0.25) is 0 Å². The normalized spacial score (nSPS) is 11.8. The lowest BCUT2D eigenvalue weighted by Crippen LogP contribution is -2.10. The van der Waals surface area contributed by atoms with Gasteiger partial charge >= 0.3 is 0 Å². The van der Waals surface area contributed by atoms with Gasteiger partial charge in [-0.25, -0.2) is 0 Å². The molecule has 13 aromatic rings. The van der Waals surface area contributed by atoms with Crippen LogP contribution < -0.4 is 4.90 Å². The van der Waals surface area contributed by atoms with Crippen LogP contribution in [0.1, 0.15) is 0 Å². The number of furan rings is 1. The first-order valence-electron chi connectivity index (χ1n) is 21.7. The first kappa shape index (κ1) is 36.5. The molecule has 0 spiro atoms. The Hall–Kier alpha value is -8.18. The fourth-order valence-corrected chi connectivity index (χ4v) is 11.1. The number of thiophene rings is 1. The Labute approximate surface area is 373 Å². The molecule has 3 heterocycles. The molecule has 0 N–H and O–H groups in total. The van der Waals surface area contributed by atoms with Crippen LogP contribution in [0.5, 0.6) is 0 Å². The smallest absolute Gasteiger partial charge is 0.143 e. The maximum Gasteiger partial charge on any atom is 0.143 e. The van der Waals surface area contributed by atoms with E-state index in [1.54, 1.807) is 0 Å². The van der Waals surface area contributed by atoms with Crippen molar-refractivity contribution in [2.24, 2.45) is 0 Å². The first-order valence-corrected chi connectivity index (χ1v) is 22.6. The molecular formula is C60H38N2OS. The molecule has 0 atom stereocenters. The van der Waals surface area contributed by atoms with Gasteiger partial charge in [0, 0.05) is 75.6 Å². The highest BCUT2D eigenvalue weighted by atomic mass is 32.1. The minimum Gasteiger partial charge on any atom is -0.455 e. The van der Waals surface area contributed by atoms with Gasteiger partial charge in [0.1, 0.15) is 11.2 Å². The number of hydrogen-bond acceptors (Lipinski definition) is 3. The average Bonchev–Trinajstić information content (AvgIpc) is 4.05. The molecule has 3 aromatic heterocycles. The summed E-state index contributed by atoms with van der Waals surface area (Å²) in [6.45, 7) is 0. The van der Waals surface area contributed by atoms with Crippen molar-refractivity contribution in [3.05, 3.63) is 231 Å². The van der Waals surface area contributed by atoms with Gasteiger partial charge in [0.15, 0.2) is 0 Å². The van der Waals surface area contributed by atoms with E-state index in [0.717, 1.165) is 72.5 Å². The summed E-state index contributed by atoms with van der Waals surface area (Å²) < 4.78 is 11.9. The van der Waals surface area contributed by atoms with Crippen molar-refractivity contribution < 1.29 is 4.42 Å². The van der Waals surface area contributed by atoms with E-state index in [0.29, 0.717) is 0 Å². The van der Waals surface area contributed by atoms with Gasteiger partial charge in [-0.15, -0.1) is 11.3 Å². The van der Waals surface area contributed by atoms with E-state index in [-0.39, 0.29) is 0 Å². The van der Waals surface area contributed by atoms with Crippen molar-refractivity contribution in [2.45, 2.75) is 0 Å². The molecule has 13 rings (SSSR count). The lowest BCUT2D eigenvalue weighted by molar-refractivity contribution is 0.671. The van der Waals surface area contributed by atoms with Crippen LogP contribution in [0.15, 0.2) is 235 Å². The molecule has 0 fully saturated rings. The predicted molar refractivity (Wildman–Crippen MR) is 272 cm³/mol. The van der Waals surface area contributed by atoms with E-state index >= 15 is 0 Å². The molecule has 10 aromatic carbocycles. The van der Waals surface area contributed by atoms with Gasteiger partial charge in [0.25, 0.3) is 0 Å². The molecule has 0 aliphatic heterocycles. The lowest BCUT2D eigenvalue weighted by atomic mass is 10.00. The number of aromatic nitrogens is 1. The van der Waals surface area contributed by atoms with Gasteiger partial charge < -0.3 is 13.9 Å². The van der Waals surface area contributed by atoms with Gasteiger partial charge in [-0.2, -0.15) is 0 Å². The Morgan fingerprint density at radius 1 is 0.344 bits per heavy atom. The molecular weight excluding hydrogens is 797 g/mol. The van der Waals surface area contributed by atoms with Crippen molar-refractivity contribution in [3.8, 4) is 39.1 Å². The molecule has 64 heavy (non-hydrogen) atoms. The minimum atomic E-state index is 0.897. The Balaban J connectivity index is 0.959. The van der Waals surface area contributed by atoms with E-state index < -0.39 is 0 Å². The molecule has 0 radical (unpaired) electrons. The van der Waals surface area contributed by atoms with Gasteiger partial charge in [0.05, 0.1) is 11.0 Å². The van der Waals surface area contributed by atoms with Crippen LogP contribution in [-0.4, -0.2) is 4.57 Å². The Morgan fingerprint density at radius 2 is 0.844 bits per heavy atom. The highest BCUT2D eigenvalue weighted by Crippen LogP contribution is 2.45. The highest BCUT2D eigenvalue weighted by molar-refractivity contribution is 7.26. The second-order valence-corrected chi connectivity index (χ2v) is 17.5. The van der Waals surface area contributed by atoms with E-state index in [1.165, 1.54) is 47.6 Å². The molecule has 0 saturated heterocycles. The third-order valence-electron chi connectivity index (χ3n) is 12.8. The molecule has 3 nitrogen and oxygen atoms in total. The van der Waals surface area contributed by atoms with Gasteiger partial charge in [-0.05, 0) is 82.9 Å². The van der Waals surface area contributed by atoms with Gasteiger partial charge in [-0.1, -0.05) is 170 Å². The predicted octanol–water partition coefficient (Wildman–Crippen LogP) is 17.5. The fourth-order valence-electron chi connectivity index (χ4n) is 9.85. The number of nitrogens with zero attached hydrogens (tertiary/aromatic N) is 2. The van der Waals surface area contributed by atoms with E-state index in [9.17, 15) is 0 Å². The van der Waals surface area contributed by atoms with Crippen LogP contribution >= 0.6 is 11.3 Å². The number of para-hydroxylation sites is 4. The standard InChI is InChI=1S/C60H38N2OS/c1-3-14-39(15-4-1)46-20-11-23-52-53-24-12-21-47(59(53)63-58(46)52)40-28-32-43(33-29-40)61(44-34-30-41(31-35-44)48-22-13-25-54-51-19-8-10-27-57(51)64-60(48)54)45-36-37-50-49-18-7-9-26-55(49)62(56(50)38-45)42-16-5-2-6-17-42/h1-38H. The molecule has 0 amide bonds. The second kappa shape index (κ2) is 14.7. The zero-order valence-electron chi connectivity index (χ0n) is 34.7. The summed E-state index contributed by atoms with van der Waals surface area (Å²) in [5.74, 6) is 0. The van der Waals surface area contributed by atoms with Gasteiger partial charge in [-0.3, -0.25) is 0 Å². The summed E-state index contributed by atoms with van der Waals surface area (Å²) in [5.41, 5.74) is 15.4. The third kappa shape index (κ3) is 5.81. The van der Waals surface area contributed by atoms with Crippen molar-refractivity contribution in [3.63, 3.8) is 0 Å². The number of rotatable bonds is 7. The molecule has 0 bridgehead atoms. The number of hydrogen-bond donors (Lipinski definition) is 0. The Bertz CT molecular complexity index is 3880. The minimum absolute atomic E-state index is 0.897. The molecule has 0 aliphatic rings. The topological polar surface area (TPSA) is 21.3 Å². The number of anilines is 3. The summed E-state index contributed by atoms with van der Waals surface area (Å²) in [4.78, 5) is 2.38. The summed E-state index contributed by atoms with van der Waals surface area (Å²) in [5, 5.41) is 7.31. The number of fused-ring (bicyclic) bond motifs is 9. The highest BCUT2D eigenvalue weighted by Gasteiger charge is 2.20. The van der Waals surface area contributed by atoms with Crippen LogP contribution in [0.4, 0.5) is 17.1 Å². The van der Waals surface area contributed by atoms with Crippen molar-refractivity contribution >= 4 is 92.3 Å². The van der Waals surface area contributed by atoms with E-state index in [2.05, 4.69) is 240 Å². The second-order valence-electron chi connectivity index (χ2n) is 16.4. The monoisotopic (exact) mass is 834 g/mol. The molecule has 300 valence electrons. The van der Waals surface area contributed by atoms with Crippen LogP contribution in [0.3, 0.4) is 0 Å². The van der Waals surface area contributed by atoms with Gasteiger partial charge in [0.2, 0.25) is 0 Å². The summed E-state index contributed by atoms with van der Waals surface area (Å²) in [6, 6.07) is 83.2. The van der Waals surface area contributed by atoms with E-state index in [1.807, 2.05) is 11.3 Å². The summed E-state index contributed by atoms with van der Waals surface area (Å²) in [6.07, 6.45) is 0. The Kier molecular flexibility index (Phi) is 8.40. The SMILES string of the molecule is c1ccc(-c2cccc3c2oc2c(-c4ccc(N(c5ccc(-c6cccc7c6sc6ccccc67)cc5)c5ccc6c7ccccc7n(-c7ccccc7)c6c5)cc4)cccc23)cc1. The molecule has 0 aliphatic carbocycles. The summed E-state index contributed by atoms with van der Waals surface area (Å²) in [7, 11) is 0. The lowest BCUT2D eigenvalue weighted by Gasteiger charge is -2.26. The van der Waals surface area contributed by atoms with Crippen molar-refractivity contribution in [1.29, 1.82) is 0 Å². The zero-order valence-corrected chi connectivity index (χ0v) is 35.5. The molecule has 0 unspecified atom stereocenters. The van der Waals surface area contributed by atoms with Crippen molar-refractivity contribution in [2.75, 3.05) is 4.90 Å². The fraction of sp³-hybridized carbons (Fsp3) is 0. The largest absolute Gasteiger partial charge is 0.455 e. The summed E-state index contributed by atoms with van der Waals surface area (Å²) >= 11 is 1.87. The van der Waals surface area contributed by atoms with E-state index in [4.69, 9.17) is 4.42 Å². The van der Waals surface area contributed by atoms with Crippen LogP contribution in [0, 0.1) is 0 Å². The maximum atomic E-state index is 6.83. The molecule has 4 heteroatoms. The molecule has 0 saturated carbocycles. The average molecular weight is 835 g/mol. The number of benzene rings is 10.